The number of pyridine rings is 1. The maximum absolute atomic E-state index is 12.1. The predicted octanol–water partition coefficient (Wildman–Crippen LogP) is 2.50. The van der Waals surface area contributed by atoms with Gasteiger partial charge in [0.05, 0.1) is 11.9 Å². The van der Waals surface area contributed by atoms with Crippen LogP contribution in [-0.2, 0) is 4.79 Å². The number of urea groups is 1. The van der Waals surface area contributed by atoms with Crippen molar-refractivity contribution in [3.05, 3.63) is 18.3 Å². The normalized spacial score (nSPS) is 19.0. The molecule has 0 spiro atoms. The molecule has 3 amide bonds. The molecule has 0 aromatic carbocycles. The zero-order valence-electron chi connectivity index (χ0n) is 15.5. The molecule has 3 N–H and O–H groups in total. The summed E-state index contributed by atoms with van der Waals surface area (Å²) >= 11 is 0. The van der Waals surface area contributed by atoms with Crippen LogP contribution in [0.15, 0.2) is 18.3 Å². The number of rotatable bonds is 4. The maximum atomic E-state index is 12.1. The van der Waals surface area contributed by atoms with Gasteiger partial charge in [-0.3, -0.25) is 4.79 Å². The van der Waals surface area contributed by atoms with E-state index in [2.05, 4.69) is 25.8 Å². The molecule has 26 heavy (non-hydrogen) atoms. The molecule has 1 aliphatic heterocycles. The van der Waals surface area contributed by atoms with Crippen molar-refractivity contribution in [3.63, 3.8) is 0 Å². The zero-order chi connectivity index (χ0) is 18.4. The van der Waals surface area contributed by atoms with Crippen LogP contribution in [0.1, 0.15) is 44.9 Å². The molecule has 1 aliphatic carbocycles. The molecule has 1 aromatic heterocycles. The highest BCUT2D eigenvalue weighted by Gasteiger charge is 2.24. The second kappa shape index (κ2) is 8.87. The van der Waals surface area contributed by atoms with Crippen LogP contribution in [0.25, 0.3) is 0 Å². The summed E-state index contributed by atoms with van der Waals surface area (Å²) in [6, 6.07) is 3.94. The molecule has 0 unspecified atom stereocenters. The minimum Gasteiger partial charge on any atom is -0.359 e. The SMILES string of the molecule is CNC(=O)C1CCN(c2ccc(NC(=O)NC3CCCCC3)cn2)CC1. The monoisotopic (exact) mass is 359 g/mol. The van der Waals surface area contributed by atoms with Gasteiger partial charge in [0.2, 0.25) is 5.91 Å². The first kappa shape index (κ1) is 18.5. The van der Waals surface area contributed by atoms with Gasteiger partial charge in [0, 0.05) is 32.1 Å². The third-order valence-electron chi connectivity index (χ3n) is 5.38. The molecule has 3 rings (SSSR count). The van der Waals surface area contributed by atoms with E-state index >= 15 is 0 Å². The van der Waals surface area contributed by atoms with Crippen LogP contribution in [0.4, 0.5) is 16.3 Å². The summed E-state index contributed by atoms with van der Waals surface area (Å²) in [6.45, 7) is 1.64. The maximum Gasteiger partial charge on any atom is 0.319 e. The first-order chi connectivity index (χ1) is 12.7. The molecule has 0 atom stereocenters. The van der Waals surface area contributed by atoms with E-state index in [4.69, 9.17) is 0 Å². The molecule has 1 saturated heterocycles. The van der Waals surface area contributed by atoms with Crippen molar-refractivity contribution in [2.75, 3.05) is 30.4 Å². The fourth-order valence-electron chi connectivity index (χ4n) is 3.82. The standard InChI is InChI=1S/C19H29N5O2/c1-20-18(25)14-9-11-24(12-10-14)17-8-7-16(13-21-17)23-19(26)22-15-5-3-2-4-6-15/h7-8,13-15H,2-6,9-12H2,1H3,(H,20,25)(H2,22,23,26). The van der Waals surface area contributed by atoms with Crippen LogP contribution in [0.5, 0.6) is 0 Å². The van der Waals surface area contributed by atoms with Crippen LogP contribution in [0, 0.1) is 5.92 Å². The highest BCUT2D eigenvalue weighted by atomic mass is 16.2. The average molecular weight is 359 g/mol. The number of nitrogens with zero attached hydrogens (tertiary/aromatic N) is 2. The lowest BCUT2D eigenvalue weighted by Crippen LogP contribution is -2.40. The minimum atomic E-state index is -0.155. The Balaban J connectivity index is 1.47. The van der Waals surface area contributed by atoms with Crippen LogP contribution in [0.3, 0.4) is 0 Å². The first-order valence-corrected chi connectivity index (χ1v) is 9.66. The Morgan fingerprint density at radius 1 is 1.08 bits per heavy atom. The van der Waals surface area contributed by atoms with Gasteiger partial charge >= 0.3 is 6.03 Å². The van der Waals surface area contributed by atoms with E-state index in [1.807, 2.05) is 12.1 Å². The Morgan fingerprint density at radius 3 is 2.42 bits per heavy atom. The molecule has 2 fully saturated rings. The number of hydrogen-bond donors (Lipinski definition) is 3. The van der Waals surface area contributed by atoms with Crippen molar-refractivity contribution in [2.45, 2.75) is 51.0 Å². The fraction of sp³-hybridized carbons (Fsp3) is 0.632. The second-order valence-corrected chi connectivity index (χ2v) is 7.21. The summed E-state index contributed by atoms with van der Waals surface area (Å²) < 4.78 is 0. The summed E-state index contributed by atoms with van der Waals surface area (Å²) in [5, 5.41) is 8.63. The number of amides is 3. The Morgan fingerprint density at radius 2 is 1.81 bits per heavy atom. The Hall–Kier alpha value is -2.31. The third kappa shape index (κ3) is 4.86. The van der Waals surface area contributed by atoms with Crippen molar-refractivity contribution in [1.82, 2.24) is 15.6 Å². The van der Waals surface area contributed by atoms with Crippen LogP contribution < -0.4 is 20.9 Å². The number of aromatic nitrogens is 1. The van der Waals surface area contributed by atoms with E-state index in [-0.39, 0.29) is 23.9 Å². The van der Waals surface area contributed by atoms with Crippen molar-refractivity contribution >= 4 is 23.4 Å². The number of carbonyl (C=O) groups is 2. The number of nitrogens with one attached hydrogen (secondary N) is 3. The average Bonchev–Trinajstić information content (AvgIpc) is 2.69. The molecule has 2 heterocycles. The lowest BCUT2D eigenvalue weighted by Gasteiger charge is -2.32. The van der Waals surface area contributed by atoms with Crippen molar-refractivity contribution in [2.24, 2.45) is 5.92 Å². The smallest absolute Gasteiger partial charge is 0.319 e. The Kier molecular flexibility index (Phi) is 6.30. The van der Waals surface area contributed by atoms with Crippen LogP contribution in [0.2, 0.25) is 0 Å². The van der Waals surface area contributed by atoms with E-state index < -0.39 is 0 Å². The van der Waals surface area contributed by atoms with Gasteiger partial charge in [0.15, 0.2) is 0 Å². The molecule has 0 radical (unpaired) electrons. The zero-order valence-corrected chi connectivity index (χ0v) is 15.5. The summed E-state index contributed by atoms with van der Waals surface area (Å²) in [7, 11) is 1.69. The van der Waals surface area contributed by atoms with E-state index in [1.165, 1.54) is 19.3 Å². The molecule has 2 aliphatic rings. The summed E-state index contributed by atoms with van der Waals surface area (Å²) in [5.74, 6) is 1.11. The highest BCUT2D eigenvalue weighted by Crippen LogP contribution is 2.23. The lowest BCUT2D eigenvalue weighted by molar-refractivity contribution is -0.125. The van der Waals surface area contributed by atoms with Gasteiger partial charge in [0.25, 0.3) is 0 Å². The number of hydrogen-bond acceptors (Lipinski definition) is 4. The quantitative estimate of drug-likeness (QED) is 0.771. The second-order valence-electron chi connectivity index (χ2n) is 7.21. The summed E-state index contributed by atoms with van der Waals surface area (Å²) in [5.41, 5.74) is 0.697. The molecule has 0 bridgehead atoms. The van der Waals surface area contributed by atoms with Crippen LogP contribution >= 0.6 is 0 Å². The van der Waals surface area contributed by atoms with Crippen molar-refractivity contribution < 1.29 is 9.59 Å². The van der Waals surface area contributed by atoms with Gasteiger partial charge in [-0.2, -0.15) is 0 Å². The molecule has 7 nitrogen and oxygen atoms in total. The van der Waals surface area contributed by atoms with Gasteiger partial charge in [0.1, 0.15) is 5.82 Å². The third-order valence-corrected chi connectivity index (χ3v) is 5.38. The minimum absolute atomic E-state index is 0.0978. The fourth-order valence-corrected chi connectivity index (χ4v) is 3.82. The molecular formula is C19H29N5O2. The highest BCUT2D eigenvalue weighted by molar-refractivity contribution is 5.89. The molecule has 1 saturated carbocycles. The number of piperidine rings is 1. The van der Waals surface area contributed by atoms with Crippen LogP contribution in [-0.4, -0.2) is 43.1 Å². The summed E-state index contributed by atoms with van der Waals surface area (Å²) in [4.78, 5) is 30.5. The van der Waals surface area contributed by atoms with E-state index in [1.54, 1.807) is 13.2 Å². The number of anilines is 2. The van der Waals surface area contributed by atoms with E-state index in [9.17, 15) is 9.59 Å². The lowest BCUT2D eigenvalue weighted by atomic mass is 9.96. The van der Waals surface area contributed by atoms with Gasteiger partial charge in [-0.05, 0) is 37.8 Å². The van der Waals surface area contributed by atoms with Gasteiger partial charge in [-0.1, -0.05) is 19.3 Å². The Bertz CT molecular complexity index is 605. The van der Waals surface area contributed by atoms with Crippen molar-refractivity contribution in [1.29, 1.82) is 0 Å². The van der Waals surface area contributed by atoms with Gasteiger partial charge < -0.3 is 20.9 Å². The Labute approximate surface area is 154 Å². The topological polar surface area (TPSA) is 86.4 Å². The van der Waals surface area contributed by atoms with Gasteiger partial charge in [-0.25, -0.2) is 9.78 Å². The largest absolute Gasteiger partial charge is 0.359 e. The molecule has 142 valence electrons. The van der Waals surface area contributed by atoms with E-state index in [0.717, 1.165) is 44.6 Å². The number of carbonyl (C=O) groups excluding carboxylic acids is 2. The molecule has 7 heteroatoms. The predicted molar refractivity (Wildman–Crippen MR) is 102 cm³/mol. The van der Waals surface area contributed by atoms with Gasteiger partial charge in [-0.15, -0.1) is 0 Å². The summed E-state index contributed by atoms with van der Waals surface area (Å²) in [6.07, 6.45) is 9.16. The molecule has 1 aromatic rings. The first-order valence-electron chi connectivity index (χ1n) is 9.66. The van der Waals surface area contributed by atoms with Crippen molar-refractivity contribution in [3.8, 4) is 0 Å². The molecular weight excluding hydrogens is 330 g/mol. The van der Waals surface area contributed by atoms with E-state index in [0.29, 0.717) is 5.69 Å².